The molecule has 2 aliphatic carbocycles. The maximum absolute atomic E-state index is 11.1. The molecule has 0 aliphatic heterocycles. The predicted octanol–water partition coefficient (Wildman–Crippen LogP) is 2.66. The number of carbonyl (C=O) groups excluding carboxylic acids is 1. The van der Waals surface area contributed by atoms with Crippen molar-refractivity contribution in [1.29, 1.82) is 0 Å². The van der Waals surface area contributed by atoms with Crippen LogP contribution in [0.3, 0.4) is 0 Å². The summed E-state index contributed by atoms with van der Waals surface area (Å²) in [7, 11) is 0. The van der Waals surface area contributed by atoms with Crippen molar-refractivity contribution in [1.82, 2.24) is 0 Å². The second kappa shape index (κ2) is 4.85. The van der Waals surface area contributed by atoms with Crippen LogP contribution >= 0.6 is 0 Å². The minimum absolute atomic E-state index is 0.0687. The second-order valence-corrected chi connectivity index (χ2v) is 7.04. The van der Waals surface area contributed by atoms with Crippen LogP contribution in [0.25, 0.3) is 0 Å². The molecule has 2 aliphatic rings. The molecule has 2 rings (SSSR count). The van der Waals surface area contributed by atoms with Gasteiger partial charge in [0.15, 0.2) is 5.79 Å². The van der Waals surface area contributed by atoms with Crippen molar-refractivity contribution in [3.8, 4) is 0 Å². The Morgan fingerprint density at radius 3 is 2.60 bits per heavy atom. The average Bonchev–Trinajstić information content (AvgIpc) is 2.67. The summed E-state index contributed by atoms with van der Waals surface area (Å²) >= 11 is 0. The molecule has 1 unspecified atom stereocenters. The average molecular weight is 282 g/mol. The van der Waals surface area contributed by atoms with Crippen LogP contribution < -0.4 is 0 Å². The molecule has 1 N–H and O–H groups in total. The minimum atomic E-state index is -1.13. The van der Waals surface area contributed by atoms with Crippen LogP contribution in [0.1, 0.15) is 47.0 Å². The lowest BCUT2D eigenvalue weighted by Crippen LogP contribution is -2.51. The van der Waals surface area contributed by atoms with Crippen LogP contribution in [0.4, 0.5) is 0 Å². The minimum Gasteiger partial charge on any atom is -0.460 e. The summed E-state index contributed by atoms with van der Waals surface area (Å²) < 4.78 is 10.9. The maximum atomic E-state index is 11.1. The van der Waals surface area contributed by atoms with Gasteiger partial charge in [0, 0.05) is 17.9 Å². The molecule has 2 bridgehead atoms. The Morgan fingerprint density at radius 2 is 2.15 bits per heavy atom. The van der Waals surface area contributed by atoms with Gasteiger partial charge in [-0.25, -0.2) is 4.79 Å². The van der Waals surface area contributed by atoms with E-state index < -0.39 is 11.8 Å². The van der Waals surface area contributed by atoms with E-state index >= 15 is 0 Å². The smallest absolute Gasteiger partial charge is 0.330 e. The fraction of sp³-hybridized carbons (Fsp3) is 0.812. The number of rotatable bonds is 5. The third-order valence-corrected chi connectivity index (χ3v) is 5.84. The molecule has 2 fully saturated rings. The predicted molar refractivity (Wildman–Crippen MR) is 75.9 cm³/mol. The van der Waals surface area contributed by atoms with E-state index in [-0.39, 0.29) is 23.5 Å². The Morgan fingerprint density at radius 1 is 1.50 bits per heavy atom. The topological polar surface area (TPSA) is 55.8 Å². The van der Waals surface area contributed by atoms with Crippen molar-refractivity contribution >= 4 is 5.97 Å². The van der Waals surface area contributed by atoms with Crippen LogP contribution in [-0.4, -0.2) is 29.6 Å². The first-order valence-electron chi connectivity index (χ1n) is 7.36. The highest BCUT2D eigenvalue weighted by Crippen LogP contribution is 2.70. The van der Waals surface area contributed by atoms with E-state index in [4.69, 9.17) is 9.47 Å². The molecule has 114 valence electrons. The molecule has 0 aromatic heterocycles. The van der Waals surface area contributed by atoms with Gasteiger partial charge in [-0.05, 0) is 31.1 Å². The number of hydrogen-bond acceptors (Lipinski definition) is 4. The standard InChI is InChI=1S/C16H26O4/c1-6-13(17)19-10-11(2)20-16(18)9-12-7-8-15(16,5)14(12,3)4/h6,11-12,18H,1,7-10H2,2-5H3/t11?,12-,15-,16-/m1/s1. The first-order chi connectivity index (χ1) is 9.16. The zero-order valence-corrected chi connectivity index (χ0v) is 12.9. The van der Waals surface area contributed by atoms with Crippen molar-refractivity contribution in [3.05, 3.63) is 12.7 Å². The molecule has 0 spiro atoms. The van der Waals surface area contributed by atoms with Gasteiger partial charge >= 0.3 is 5.97 Å². The lowest BCUT2D eigenvalue weighted by molar-refractivity contribution is -0.293. The molecule has 0 saturated heterocycles. The van der Waals surface area contributed by atoms with Crippen molar-refractivity contribution in [2.75, 3.05) is 6.61 Å². The highest BCUT2D eigenvalue weighted by molar-refractivity contribution is 5.81. The number of esters is 1. The largest absolute Gasteiger partial charge is 0.460 e. The second-order valence-electron chi connectivity index (χ2n) is 7.04. The summed E-state index contributed by atoms with van der Waals surface area (Å²) in [5, 5.41) is 11.0. The molecular formula is C16H26O4. The van der Waals surface area contributed by atoms with Gasteiger partial charge in [-0.3, -0.25) is 0 Å². The number of hydrogen-bond donors (Lipinski definition) is 1. The summed E-state index contributed by atoms with van der Waals surface area (Å²) in [5.74, 6) is -1.10. The van der Waals surface area contributed by atoms with Crippen molar-refractivity contribution in [2.45, 2.75) is 58.8 Å². The Labute approximate surface area is 121 Å². The van der Waals surface area contributed by atoms with E-state index in [0.717, 1.165) is 18.9 Å². The molecule has 0 aromatic carbocycles. The van der Waals surface area contributed by atoms with E-state index in [9.17, 15) is 9.90 Å². The van der Waals surface area contributed by atoms with E-state index in [1.165, 1.54) is 0 Å². The number of fused-ring (bicyclic) bond motifs is 2. The van der Waals surface area contributed by atoms with E-state index in [0.29, 0.717) is 12.3 Å². The molecule has 0 heterocycles. The van der Waals surface area contributed by atoms with Gasteiger partial charge in [0.1, 0.15) is 6.61 Å². The van der Waals surface area contributed by atoms with Gasteiger partial charge < -0.3 is 14.6 Å². The Hall–Kier alpha value is -0.870. The summed E-state index contributed by atoms with van der Waals surface area (Å²) in [6.07, 6.45) is 3.57. The lowest BCUT2D eigenvalue weighted by Gasteiger charge is -2.45. The Bertz CT molecular complexity index is 417. The monoisotopic (exact) mass is 282 g/mol. The molecule has 4 atom stereocenters. The molecule has 0 radical (unpaired) electrons. The Kier molecular flexibility index (Phi) is 3.76. The van der Waals surface area contributed by atoms with Gasteiger partial charge in [-0.2, -0.15) is 0 Å². The summed E-state index contributed by atoms with van der Waals surface area (Å²) in [6.45, 7) is 11.8. The highest BCUT2D eigenvalue weighted by atomic mass is 16.6. The molecule has 2 saturated carbocycles. The molecule has 0 aromatic rings. The summed E-state index contributed by atoms with van der Waals surface area (Å²) in [4.78, 5) is 11.1. The van der Waals surface area contributed by atoms with Crippen LogP contribution in [0.5, 0.6) is 0 Å². The first kappa shape index (κ1) is 15.5. The Balaban J connectivity index is 2.03. The van der Waals surface area contributed by atoms with Gasteiger partial charge in [0.2, 0.25) is 0 Å². The number of aliphatic hydroxyl groups is 1. The third-order valence-electron chi connectivity index (χ3n) is 5.84. The molecule has 0 amide bonds. The van der Waals surface area contributed by atoms with Crippen LogP contribution in [-0.2, 0) is 14.3 Å². The third kappa shape index (κ3) is 2.09. The fourth-order valence-corrected chi connectivity index (χ4v) is 4.02. The van der Waals surface area contributed by atoms with Gasteiger partial charge in [-0.1, -0.05) is 27.4 Å². The SMILES string of the molecule is C=CC(=O)OCC(C)O[C@]1(O)C[C@H]2CC[C@]1(C)C2(C)C. The molecular weight excluding hydrogens is 256 g/mol. The molecule has 20 heavy (non-hydrogen) atoms. The fourth-order valence-electron chi connectivity index (χ4n) is 4.02. The zero-order valence-electron chi connectivity index (χ0n) is 12.9. The quantitative estimate of drug-likeness (QED) is 0.478. The maximum Gasteiger partial charge on any atom is 0.330 e. The van der Waals surface area contributed by atoms with Crippen LogP contribution in [0, 0.1) is 16.7 Å². The lowest BCUT2D eigenvalue weighted by atomic mass is 9.68. The van der Waals surface area contributed by atoms with E-state index in [1.54, 1.807) is 0 Å². The van der Waals surface area contributed by atoms with E-state index in [2.05, 4.69) is 27.4 Å². The van der Waals surface area contributed by atoms with Gasteiger partial charge in [0.25, 0.3) is 0 Å². The van der Waals surface area contributed by atoms with Gasteiger partial charge in [-0.15, -0.1) is 0 Å². The summed E-state index contributed by atoms with van der Waals surface area (Å²) in [6, 6.07) is 0. The van der Waals surface area contributed by atoms with Crippen molar-refractivity contribution < 1.29 is 19.4 Å². The van der Waals surface area contributed by atoms with Gasteiger partial charge in [0.05, 0.1) is 6.10 Å². The number of ether oxygens (including phenoxy) is 2. The normalized spacial score (nSPS) is 39.5. The molecule has 4 nitrogen and oxygen atoms in total. The highest BCUT2D eigenvalue weighted by Gasteiger charge is 2.69. The van der Waals surface area contributed by atoms with Crippen molar-refractivity contribution in [2.24, 2.45) is 16.7 Å². The first-order valence-corrected chi connectivity index (χ1v) is 7.36. The zero-order chi connectivity index (χ0) is 15.2. The van der Waals surface area contributed by atoms with Crippen molar-refractivity contribution in [3.63, 3.8) is 0 Å². The van der Waals surface area contributed by atoms with Crippen LogP contribution in [0.2, 0.25) is 0 Å². The van der Waals surface area contributed by atoms with E-state index in [1.807, 2.05) is 6.92 Å². The van der Waals surface area contributed by atoms with Crippen LogP contribution in [0.15, 0.2) is 12.7 Å². The summed E-state index contributed by atoms with van der Waals surface area (Å²) in [5.41, 5.74) is -0.180. The number of carbonyl (C=O) groups is 1. The molecule has 4 heteroatoms.